The lowest BCUT2D eigenvalue weighted by atomic mass is 9.98. The number of hydrogen-bond acceptors (Lipinski definition) is 2. The zero-order valence-electron chi connectivity index (χ0n) is 10.4. The molecule has 3 nitrogen and oxygen atoms in total. The Morgan fingerprint density at radius 2 is 2.06 bits per heavy atom. The summed E-state index contributed by atoms with van der Waals surface area (Å²) >= 11 is 3.33. The highest BCUT2D eigenvalue weighted by Crippen LogP contribution is 2.18. The molecule has 0 saturated carbocycles. The first kappa shape index (κ1) is 13.3. The largest absolute Gasteiger partial charge is 0.335 e. The minimum atomic E-state index is 0.00458. The average Bonchev–Trinajstić information content (AvgIpc) is 2.36. The second-order valence-corrected chi connectivity index (χ2v) is 5.65. The van der Waals surface area contributed by atoms with Crippen LogP contribution >= 0.6 is 15.9 Å². The number of ketones is 1. The lowest BCUT2D eigenvalue weighted by Gasteiger charge is -2.30. The summed E-state index contributed by atoms with van der Waals surface area (Å²) in [7, 11) is 0. The average molecular weight is 310 g/mol. The predicted molar refractivity (Wildman–Crippen MR) is 73.5 cm³/mol. The number of nitrogens with zero attached hydrogens (tertiary/aromatic N) is 1. The van der Waals surface area contributed by atoms with Crippen molar-refractivity contribution in [2.24, 2.45) is 5.92 Å². The molecule has 1 saturated heterocycles. The second-order valence-electron chi connectivity index (χ2n) is 4.73. The molecule has 0 aromatic heterocycles. The van der Waals surface area contributed by atoms with E-state index in [0.717, 1.165) is 17.3 Å². The molecule has 1 unspecified atom stereocenters. The molecule has 0 bridgehead atoms. The number of likely N-dealkylation sites (tertiary alicyclic amines) is 1. The second kappa shape index (κ2) is 5.65. The predicted octanol–water partition coefficient (Wildman–Crippen LogP) is 2.89. The summed E-state index contributed by atoms with van der Waals surface area (Å²) in [4.78, 5) is 25.7. The summed E-state index contributed by atoms with van der Waals surface area (Å²) < 4.78 is 0.946. The van der Waals surface area contributed by atoms with Gasteiger partial charge in [-0.15, -0.1) is 0 Å². The molecular weight excluding hydrogens is 294 g/mol. The third-order valence-corrected chi connectivity index (χ3v) is 3.83. The van der Waals surface area contributed by atoms with Crippen LogP contribution in [0.15, 0.2) is 28.7 Å². The number of rotatable bonds is 3. The van der Waals surface area contributed by atoms with Crippen LogP contribution in [0.1, 0.15) is 30.1 Å². The fourth-order valence-electron chi connectivity index (χ4n) is 2.19. The highest BCUT2D eigenvalue weighted by Gasteiger charge is 2.26. The van der Waals surface area contributed by atoms with Gasteiger partial charge in [0.15, 0.2) is 5.78 Å². The van der Waals surface area contributed by atoms with E-state index in [2.05, 4.69) is 15.9 Å². The molecule has 0 radical (unpaired) electrons. The van der Waals surface area contributed by atoms with Gasteiger partial charge in [-0.3, -0.25) is 9.59 Å². The van der Waals surface area contributed by atoms with Crippen molar-refractivity contribution in [1.82, 2.24) is 4.90 Å². The summed E-state index contributed by atoms with van der Waals surface area (Å²) in [5, 5.41) is 0. The quantitative estimate of drug-likeness (QED) is 0.805. The Morgan fingerprint density at radius 1 is 1.39 bits per heavy atom. The Hall–Kier alpha value is -1.16. The van der Waals surface area contributed by atoms with Crippen LogP contribution in [0.5, 0.6) is 0 Å². The van der Waals surface area contributed by atoms with Gasteiger partial charge in [0.2, 0.25) is 5.91 Å². The Balaban J connectivity index is 2.03. The van der Waals surface area contributed by atoms with Crippen LogP contribution in [0.25, 0.3) is 0 Å². The minimum Gasteiger partial charge on any atom is -0.335 e. The van der Waals surface area contributed by atoms with Gasteiger partial charge >= 0.3 is 0 Å². The third kappa shape index (κ3) is 2.99. The number of carbonyl (C=O) groups is 2. The molecule has 1 aromatic rings. The lowest BCUT2D eigenvalue weighted by molar-refractivity contribution is -0.137. The number of Topliss-reactive ketones (excluding diaryl/α,β-unsaturated/α-hetero) is 1. The Bertz CT molecular complexity index is 455. The van der Waals surface area contributed by atoms with E-state index in [0.29, 0.717) is 12.1 Å². The van der Waals surface area contributed by atoms with Crippen LogP contribution in [-0.4, -0.2) is 29.7 Å². The van der Waals surface area contributed by atoms with Gasteiger partial charge in [0.25, 0.3) is 0 Å². The molecule has 1 fully saturated rings. The number of amides is 1. The first-order valence-corrected chi connectivity index (χ1v) is 6.95. The molecule has 1 aliphatic heterocycles. The van der Waals surface area contributed by atoms with E-state index in [1.54, 1.807) is 17.0 Å². The SMILES string of the molecule is CC1CCCN(CC(=O)c2ccc(Br)cc2)C1=O. The van der Waals surface area contributed by atoms with Crippen molar-refractivity contribution >= 4 is 27.6 Å². The van der Waals surface area contributed by atoms with Crippen molar-refractivity contribution in [1.29, 1.82) is 0 Å². The smallest absolute Gasteiger partial charge is 0.225 e. The fraction of sp³-hybridized carbons (Fsp3) is 0.429. The maximum Gasteiger partial charge on any atom is 0.225 e. The van der Waals surface area contributed by atoms with Gasteiger partial charge in [0.05, 0.1) is 6.54 Å². The van der Waals surface area contributed by atoms with Gasteiger partial charge in [0.1, 0.15) is 0 Å². The molecule has 0 spiro atoms. The van der Waals surface area contributed by atoms with E-state index in [4.69, 9.17) is 0 Å². The van der Waals surface area contributed by atoms with Gasteiger partial charge in [0, 0.05) is 22.5 Å². The summed E-state index contributed by atoms with van der Waals surface area (Å²) in [6.45, 7) is 2.83. The Labute approximate surface area is 115 Å². The summed E-state index contributed by atoms with van der Waals surface area (Å²) in [6, 6.07) is 7.25. The van der Waals surface area contributed by atoms with Crippen molar-refractivity contribution in [2.75, 3.05) is 13.1 Å². The van der Waals surface area contributed by atoms with E-state index >= 15 is 0 Å². The third-order valence-electron chi connectivity index (χ3n) is 3.30. The van der Waals surface area contributed by atoms with Crippen molar-refractivity contribution in [3.63, 3.8) is 0 Å². The number of piperidine rings is 1. The maximum absolute atomic E-state index is 12.1. The molecule has 1 amide bonds. The molecule has 18 heavy (non-hydrogen) atoms. The molecule has 0 aliphatic carbocycles. The molecule has 4 heteroatoms. The van der Waals surface area contributed by atoms with Crippen LogP contribution in [0.2, 0.25) is 0 Å². The monoisotopic (exact) mass is 309 g/mol. The topological polar surface area (TPSA) is 37.4 Å². The van der Waals surface area contributed by atoms with Crippen molar-refractivity contribution in [2.45, 2.75) is 19.8 Å². The Morgan fingerprint density at radius 3 is 2.72 bits per heavy atom. The molecule has 1 heterocycles. The fourth-order valence-corrected chi connectivity index (χ4v) is 2.46. The zero-order chi connectivity index (χ0) is 13.1. The van der Waals surface area contributed by atoms with Gasteiger partial charge in [-0.05, 0) is 25.0 Å². The summed E-state index contributed by atoms with van der Waals surface area (Å²) in [5.41, 5.74) is 0.657. The first-order chi connectivity index (χ1) is 8.58. The van der Waals surface area contributed by atoms with Crippen molar-refractivity contribution in [3.8, 4) is 0 Å². The van der Waals surface area contributed by atoms with Gasteiger partial charge in [-0.2, -0.15) is 0 Å². The molecule has 1 aromatic carbocycles. The normalized spacial score (nSPS) is 20.0. The number of hydrogen-bond donors (Lipinski definition) is 0. The summed E-state index contributed by atoms with van der Waals surface area (Å²) in [5.74, 6) is 0.160. The minimum absolute atomic E-state index is 0.00458. The van der Waals surface area contributed by atoms with Crippen LogP contribution in [0, 0.1) is 5.92 Å². The van der Waals surface area contributed by atoms with Gasteiger partial charge in [-0.1, -0.05) is 35.0 Å². The van der Waals surface area contributed by atoms with Gasteiger partial charge < -0.3 is 4.90 Å². The molecular formula is C14H16BrNO2. The highest BCUT2D eigenvalue weighted by atomic mass is 79.9. The Kier molecular flexibility index (Phi) is 4.17. The van der Waals surface area contributed by atoms with E-state index in [1.165, 1.54) is 0 Å². The van der Waals surface area contributed by atoms with Crippen LogP contribution in [-0.2, 0) is 4.79 Å². The standard InChI is InChI=1S/C14H16BrNO2/c1-10-3-2-8-16(14(10)18)9-13(17)11-4-6-12(15)7-5-11/h4-7,10H,2-3,8-9H2,1H3. The number of halogens is 1. The van der Waals surface area contributed by atoms with E-state index in [-0.39, 0.29) is 24.2 Å². The van der Waals surface area contributed by atoms with E-state index in [9.17, 15) is 9.59 Å². The maximum atomic E-state index is 12.1. The molecule has 1 aliphatic rings. The number of benzene rings is 1. The highest BCUT2D eigenvalue weighted by molar-refractivity contribution is 9.10. The molecule has 0 N–H and O–H groups in total. The molecule has 96 valence electrons. The molecule has 2 rings (SSSR count). The van der Waals surface area contributed by atoms with Crippen molar-refractivity contribution < 1.29 is 9.59 Å². The lowest BCUT2D eigenvalue weighted by Crippen LogP contribution is -2.42. The van der Waals surface area contributed by atoms with Crippen LogP contribution in [0.3, 0.4) is 0 Å². The first-order valence-electron chi connectivity index (χ1n) is 6.15. The van der Waals surface area contributed by atoms with Crippen molar-refractivity contribution in [3.05, 3.63) is 34.3 Å². The zero-order valence-corrected chi connectivity index (χ0v) is 11.9. The van der Waals surface area contributed by atoms with E-state index < -0.39 is 0 Å². The number of carbonyl (C=O) groups excluding carboxylic acids is 2. The summed E-state index contributed by atoms with van der Waals surface area (Å²) in [6.07, 6.45) is 1.92. The van der Waals surface area contributed by atoms with Gasteiger partial charge in [-0.25, -0.2) is 0 Å². The van der Waals surface area contributed by atoms with Crippen LogP contribution < -0.4 is 0 Å². The van der Waals surface area contributed by atoms with E-state index in [1.807, 2.05) is 19.1 Å². The molecule has 1 atom stereocenters. The van der Waals surface area contributed by atoms with Crippen LogP contribution in [0.4, 0.5) is 0 Å².